The summed E-state index contributed by atoms with van der Waals surface area (Å²) < 4.78 is 0. The Bertz CT molecular complexity index is 1580. The molecule has 3 unspecified atom stereocenters. The van der Waals surface area contributed by atoms with Gasteiger partial charge in [-0.2, -0.15) is 0 Å². The molecule has 0 bridgehead atoms. The van der Waals surface area contributed by atoms with Gasteiger partial charge in [0.05, 0.1) is 16.1 Å². The number of hydrogen-bond acceptors (Lipinski definition) is 5. The van der Waals surface area contributed by atoms with Crippen LogP contribution in [0.3, 0.4) is 0 Å². The minimum absolute atomic E-state index is 0.0163. The standard InChI is InChI=1S/C39H49Cl2N5O2/c1-25-16-26(2)18-31(17-25)39(48)44-14-15-45(36(24-44)30-10-11-34(40)35(41)20-30)37(47)12-13-42-21-32-19-27(3)23-46(32)28(4)38-33(22-43-38)29-8-6-5-7-9-29/h5-11,16-18,20,27-28,32-33,36,38,42-43H,12-15,19,21-24H2,1-4H3/t27?,28?,32-,33?,36+,38+/m1/s1. The van der Waals surface area contributed by atoms with Gasteiger partial charge in [0.15, 0.2) is 0 Å². The van der Waals surface area contributed by atoms with E-state index in [1.165, 1.54) is 5.56 Å². The number of piperazine rings is 1. The summed E-state index contributed by atoms with van der Waals surface area (Å²) in [6.45, 7) is 13.7. The number of aryl methyl sites for hydroxylation is 2. The van der Waals surface area contributed by atoms with Crippen molar-refractivity contribution in [3.05, 3.63) is 105 Å². The van der Waals surface area contributed by atoms with Crippen molar-refractivity contribution in [1.29, 1.82) is 0 Å². The largest absolute Gasteiger partial charge is 0.334 e. The molecule has 256 valence electrons. The smallest absolute Gasteiger partial charge is 0.254 e. The first kappa shape index (κ1) is 34.9. The molecule has 2 amide bonds. The molecule has 0 radical (unpaired) electrons. The Morgan fingerprint density at radius 2 is 1.69 bits per heavy atom. The van der Waals surface area contributed by atoms with Crippen LogP contribution < -0.4 is 10.6 Å². The number of carbonyl (C=O) groups excluding carboxylic acids is 2. The van der Waals surface area contributed by atoms with Crippen LogP contribution in [0.1, 0.15) is 71.3 Å². The molecule has 3 aromatic carbocycles. The second-order valence-corrected chi connectivity index (χ2v) is 15.1. The Labute approximate surface area is 296 Å². The molecular formula is C39H49Cl2N5O2. The normalized spacial score (nSPS) is 25.2. The summed E-state index contributed by atoms with van der Waals surface area (Å²) in [7, 11) is 0. The van der Waals surface area contributed by atoms with Crippen LogP contribution >= 0.6 is 23.2 Å². The fourth-order valence-corrected chi connectivity index (χ4v) is 8.46. The Hall–Kier alpha value is -2.94. The molecule has 3 aromatic rings. The van der Waals surface area contributed by atoms with Crippen LogP contribution in [-0.4, -0.2) is 90.5 Å². The lowest BCUT2D eigenvalue weighted by Crippen LogP contribution is -2.62. The molecule has 0 spiro atoms. The van der Waals surface area contributed by atoms with Gasteiger partial charge in [-0.05, 0) is 68.5 Å². The molecule has 0 saturated carbocycles. The number of amides is 2. The summed E-state index contributed by atoms with van der Waals surface area (Å²) in [5, 5.41) is 8.27. The first-order valence-corrected chi connectivity index (χ1v) is 18.2. The maximum Gasteiger partial charge on any atom is 0.254 e. The van der Waals surface area contributed by atoms with Crippen molar-refractivity contribution in [2.45, 2.75) is 70.6 Å². The minimum Gasteiger partial charge on any atom is -0.334 e. The summed E-state index contributed by atoms with van der Waals surface area (Å²) in [6.07, 6.45) is 1.55. The van der Waals surface area contributed by atoms with Gasteiger partial charge < -0.3 is 20.4 Å². The van der Waals surface area contributed by atoms with Gasteiger partial charge in [-0.3, -0.25) is 14.5 Å². The fraction of sp³-hybridized carbons (Fsp3) is 0.487. The van der Waals surface area contributed by atoms with E-state index in [0.717, 1.165) is 42.7 Å². The predicted molar refractivity (Wildman–Crippen MR) is 195 cm³/mol. The molecule has 6 atom stereocenters. The van der Waals surface area contributed by atoms with Crippen molar-refractivity contribution in [2.75, 3.05) is 45.8 Å². The Morgan fingerprint density at radius 1 is 0.938 bits per heavy atom. The van der Waals surface area contributed by atoms with E-state index in [1.54, 1.807) is 6.07 Å². The van der Waals surface area contributed by atoms with Gasteiger partial charge in [0, 0.05) is 81.8 Å². The molecule has 48 heavy (non-hydrogen) atoms. The van der Waals surface area contributed by atoms with Crippen molar-refractivity contribution in [2.24, 2.45) is 5.92 Å². The second-order valence-electron chi connectivity index (χ2n) is 14.2. The zero-order valence-corrected chi connectivity index (χ0v) is 30.1. The molecule has 9 heteroatoms. The van der Waals surface area contributed by atoms with Crippen molar-refractivity contribution in [1.82, 2.24) is 25.3 Å². The summed E-state index contributed by atoms with van der Waals surface area (Å²) in [5.74, 6) is 1.25. The molecular weight excluding hydrogens is 641 g/mol. The van der Waals surface area contributed by atoms with Crippen LogP contribution in [-0.2, 0) is 4.79 Å². The quantitative estimate of drug-likeness (QED) is 0.239. The molecule has 2 N–H and O–H groups in total. The number of halogens is 2. The van der Waals surface area contributed by atoms with Gasteiger partial charge in [0.1, 0.15) is 0 Å². The first-order chi connectivity index (χ1) is 23.1. The Balaban J connectivity index is 1.07. The summed E-state index contributed by atoms with van der Waals surface area (Å²) >= 11 is 12.7. The molecule has 3 saturated heterocycles. The zero-order valence-electron chi connectivity index (χ0n) is 28.6. The highest BCUT2D eigenvalue weighted by Gasteiger charge is 2.42. The lowest BCUT2D eigenvalue weighted by atomic mass is 9.80. The monoisotopic (exact) mass is 689 g/mol. The van der Waals surface area contributed by atoms with Crippen molar-refractivity contribution < 1.29 is 9.59 Å². The van der Waals surface area contributed by atoms with E-state index in [9.17, 15) is 9.59 Å². The van der Waals surface area contributed by atoms with Gasteiger partial charge in [-0.25, -0.2) is 0 Å². The average Bonchev–Trinajstić information content (AvgIpc) is 3.43. The third-order valence-electron chi connectivity index (χ3n) is 10.6. The van der Waals surface area contributed by atoms with Crippen LogP contribution in [0.2, 0.25) is 10.0 Å². The van der Waals surface area contributed by atoms with Gasteiger partial charge >= 0.3 is 0 Å². The van der Waals surface area contributed by atoms with E-state index in [2.05, 4.69) is 65.8 Å². The van der Waals surface area contributed by atoms with Gasteiger partial charge in [-0.15, -0.1) is 0 Å². The third kappa shape index (κ3) is 7.76. The van der Waals surface area contributed by atoms with Crippen molar-refractivity contribution in [3.63, 3.8) is 0 Å². The van der Waals surface area contributed by atoms with E-state index < -0.39 is 0 Å². The van der Waals surface area contributed by atoms with Crippen LogP contribution in [0.25, 0.3) is 0 Å². The molecule has 0 aliphatic carbocycles. The highest BCUT2D eigenvalue weighted by Crippen LogP contribution is 2.35. The van der Waals surface area contributed by atoms with Crippen LogP contribution in [0.15, 0.2) is 66.7 Å². The van der Waals surface area contributed by atoms with E-state index >= 15 is 0 Å². The zero-order chi connectivity index (χ0) is 33.9. The summed E-state index contributed by atoms with van der Waals surface area (Å²) in [5.41, 5.74) is 5.09. The first-order valence-electron chi connectivity index (χ1n) is 17.5. The summed E-state index contributed by atoms with van der Waals surface area (Å²) in [4.78, 5) is 33.9. The topological polar surface area (TPSA) is 67.9 Å². The van der Waals surface area contributed by atoms with E-state index in [4.69, 9.17) is 23.2 Å². The maximum atomic E-state index is 13.8. The van der Waals surface area contributed by atoms with E-state index in [0.29, 0.717) is 78.2 Å². The molecule has 3 aliphatic rings. The van der Waals surface area contributed by atoms with Crippen LogP contribution in [0.4, 0.5) is 0 Å². The lowest BCUT2D eigenvalue weighted by molar-refractivity contribution is -0.135. The summed E-state index contributed by atoms with van der Waals surface area (Å²) in [6, 6.07) is 23.3. The van der Waals surface area contributed by atoms with Crippen LogP contribution in [0.5, 0.6) is 0 Å². The highest BCUT2D eigenvalue weighted by molar-refractivity contribution is 6.42. The minimum atomic E-state index is -0.310. The number of hydrogen-bond donors (Lipinski definition) is 2. The molecule has 3 fully saturated rings. The number of likely N-dealkylation sites (tertiary alicyclic amines) is 1. The number of nitrogens with one attached hydrogen (secondary N) is 2. The van der Waals surface area contributed by atoms with E-state index in [1.807, 2.05) is 47.9 Å². The van der Waals surface area contributed by atoms with Gasteiger partial charge in [0.2, 0.25) is 5.91 Å². The van der Waals surface area contributed by atoms with E-state index in [-0.39, 0.29) is 17.9 Å². The van der Waals surface area contributed by atoms with Gasteiger partial charge in [0.25, 0.3) is 5.91 Å². The van der Waals surface area contributed by atoms with Crippen molar-refractivity contribution >= 4 is 35.0 Å². The fourth-order valence-electron chi connectivity index (χ4n) is 8.15. The molecule has 3 aliphatic heterocycles. The molecule has 3 heterocycles. The number of nitrogens with zero attached hydrogens (tertiary/aromatic N) is 3. The maximum absolute atomic E-state index is 13.8. The highest BCUT2D eigenvalue weighted by atomic mass is 35.5. The number of benzene rings is 3. The molecule has 7 nitrogen and oxygen atoms in total. The van der Waals surface area contributed by atoms with Gasteiger partial charge in [-0.1, -0.05) is 83.7 Å². The molecule has 6 rings (SSSR count). The van der Waals surface area contributed by atoms with Crippen LogP contribution in [0, 0.1) is 19.8 Å². The number of rotatable bonds is 10. The van der Waals surface area contributed by atoms with Crippen molar-refractivity contribution in [3.8, 4) is 0 Å². The SMILES string of the molecule is Cc1cc(C)cc(C(=O)N2CCN(C(=O)CCNC[C@H]3CC(C)CN3C(C)[C@@H]3NCC3c3ccccc3)[C@H](c3ccc(Cl)c(Cl)c3)C2)c1. The Kier molecular flexibility index (Phi) is 11.1. The second kappa shape index (κ2) is 15.3. The predicted octanol–water partition coefficient (Wildman–Crippen LogP) is 6.47. The molecule has 0 aromatic heterocycles. The average molecular weight is 691 g/mol. The third-order valence-corrected chi connectivity index (χ3v) is 11.4. The Morgan fingerprint density at radius 3 is 2.38 bits per heavy atom. The lowest BCUT2D eigenvalue weighted by Gasteiger charge is -2.47. The number of carbonyl (C=O) groups is 2.